The highest BCUT2D eigenvalue weighted by Gasteiger charge is 2.26. The third-order valence-electron chi connectivity index (χ3n) is 4.85. The van der Waals surface area contributed by atoms with Crippen LogP contribution in [-0.4, -0.2) is 60.4 Å². The van der Waals surface area contributed by atoms with Gasteiger partial charge in [-0.15, -0.1) is 0 Å². The van der Waals surface area contributed by atoms with E-state index < -0.39 is 6.10 Å². The summed E-state index contributed by atoms with van der Waals surface area (Å²) in [6.07, 6.45) is -0.549. The first-order valence-electron chi connectivity index (χ1n) is 9.71. The molecule has 0 radical (unpaired) electrons. The number of halogens is 1. The number of nitrogens with zero attached hydrogens (tertiary/aromatic N) is 2. The van der Waals surface area contributed by atoms with E-state index in [-0.39, 0.29) is 18.4 Å². The van der Waals surface area contributed by atoms with Crippen molar-refractivity contribution in [1.29, 1.82) is 0 Å². The van der Waals surface area contributed by atoms with Crippen LogP contribution >= 0.6 is 11.6 Å². The maximum Gasteiger partial charge on any atom is 0.263 e. The maximum atomic E-state index is 12.7. The standard InChI is InChI=1S/C22H26ClN3O3/c1-16-6-5-7-18(14-16)29-17(2)22(28)26-12-10-25(11-13-26)15-21(27)24-20-9-4-3-8-19(20)23/h3-9,14,17H,10-13,15H2,1-2H3,(H,24,27). The lowest BCUT2D eigenvalue weighted by molar-refractivity contribution is -0.139. The van der Waals surface area contributed by atoms with Crippen LogP contribution in [0.25, 0.3) is 0 Å². The molecule has 1 unspecified atom stereocenters. The zero-order valence-corrected chi connectivity index (χ0v) is 17.5. The monoisotopic (exact) mass is 415 g/mol. The number of rotatable bonds is 6. The van der Waals surface area contributed by atoms with Crippen LogP contribution in [0.2, 0.25) is 5.02 Å². The Balaban J connectivity index is 1.45. The summed E-state index contributed by atoms with van der Waals surface area (Å²) in [5.41, 5.74) is 1.70. The zero-order chi connectivity index (χ0) is 20.8. The lowest BCUT2D eigenvalue weighted by Crippen LogP contribution is -2.53. The molecule has 0 aliphatic carbocycles. The predicted molar refractivity (Wildman–Crippen MR) is 114 cm³/mol. The zero-order valence-electron chi connectivity index (χ0n) is 16.7. The molecule has 2 amide bonds. The van der Waals surface area contributed by atoms with Crippen molar-refractivity contribution in [3.63, 3.8) is 0 Å². The molecule has 0 saturated carbocycles. The van der Waals surface area contributed by atoms with Gasteiger partial charge in [0.15, 0.2) is 6.10 Å². The fourth-order valence-corrected chi connectivity index (χ4v) is 3.47. The minimum Gasteiger partial charge on any atom is -0.481 e. The number of anilines is 1. The van der Waals surface area contributed by atoms with E-state index in [1.54, 1.807) is 24.0 Å². The number of ether oxygens (including phenoxy) is 1. The second-order valence-electron chi connectivity index (χ2n) is 7.21. The molecule has 0 spiro atoms. The van der Waals surface area contributed by atoms with Crippen molar-refractivity contribution < 1.29 is 14.3 Å². The fourth-order valence-electron chi connectivity index (χ4n) is 3.28. The SMILES string of the molecule is Cc1cccc(OC(C)C(=O)N2CCN(CC(=O)Nc3ccccc3Cl)CC2)c1. The number of benzene rings is 2. The predicted octanol–water partition coefficient (Wildman–Crippen LogP) is 3.20. The number of para-hydroxylation sites is 1. The number of nitrogens with one attached hydrogen (secondary N) is 1. The molecule has 0 aromatic heterocycles. The molecule has 3 rings (SSSR count). The van der Waals surface area contributed by atoms with Gasteiger partial charge in [-0.05, 0) is 43.7 Å². The summed E-state index contributed by atoms with van der Waals surface area (Å²) in [5, 5.41) is 3.34. The molecule has 154 valence electrons. The Morgan fingerprint density at radius 2 is 1.83 bits per heavy atom. The van der Waals surface area contributed by atoms with Crippen LogP contribution in [0, 0.1) is 6.92 Å². The van der Waals surface area contributed by atoms with Gasteiger partial charge in [0.05, 0.1) is 17.3 Å². The molecule has 1 aliphatic heterocycles. The first-order chi connectivity index (χ1) is 13.9. The second-order valence-corrected chi connectivity index (χ2v) is 7.61. The van der Waals surface area contributed by atoms with E-state index >= 15 is 0 Å². The van der Waals surface area contributed by atoms with Gasteiger partial charge in [-0.2, -0.15) is 0 Å². The van der Waals surface area contributed by atoms with Crippen LogP contribution in [0.3, 0.4) is 0 Å². The minimum absolute atomic E-state index is 0.0355. The van der Waals surface area contributed by atoms with E-state index in [1.165, 1.54) is 0 Å². The number of hydrogen-bond acceptors (Lipinski definition) is 4. The maximum absolute atomic E-state index is 12.7. The van der Waals surface area contributed by atoms with Crippen molar-refractivity contribution in [3.05, 3.63) is 59.1 Å². The highest BCUT2D eigenvalue weighted by atomic mass is 35.5. The number of piperazine rings is 1. The van der Waals surface area contributed by atoms with Gasteiger partial charge in [-0.1, -0.05) is 35.9 Å². The van der Waals surface area contributed by atoms with Crippen LogP contribution in [0.1, 0.15) is 12.5 Å². The highest BCUT2D eigenvalue weighted by molar-refractivity contribution is 6.33. The summed E-state index contributed by atoms with van der Waals surface area (Å²) in [6.45, 7) is 6.44. The summed E-state index contributed by atoms with van der Waals surface area (Å²) >= 11 is 6.08. The summed E-state index contributed by atoms with van der Waals surface area (Å²) in [4.78, 5) is 28.8. The second kappa shape index (κ2) is 9.76. The molecule has 1 atom stereocenters. The molecule has 2 aromatic rings. The number of carbonyl (C=O) groups is 2. The van der Waals surface area contributed by atoms with Crippen LogP contribution in [0.4, 0.5) is 5.69 Å². The molecule has 1 N–H and O–H groups in total. The van der Waals surface area contributed by atoms with Gasteiger partial charge in [0.1, 0.15) is 5.75 Å². The summed E-state index contributed by atoms with van der Waals surface area (Å²) in [6, 6.07) is 14.8. The van der Waals surface area contributed by atoms with Crippen molar-refractivity contribution in [2.24, 2.45) is 0 Å². The molecule has 1 fully saturated rings. The van der Waals surface area contributed by atoms with Gasteiger partial charge >= 0.3 is 0 Å². The first kappa shape index (κ1) is 21.1. The van der Waals surface area contributed by atoms with Crippen LogP contribution < -0.4 is 10.1 Å². The first-order valence-corrected chi connectivity index (χ1v) is 10.1. The largest absolute Gasteiger partial charge is 0.481 e. The van der Waals surface area contributed by atoms with Gasteiger partial charge in [0, 0.05) is 26.2 Å². The third-order valence-corrected chi connectivity index (χ3v) is 5.18. The highest BCUT2D eigenvalue weighted by Crippen LogP contribution is 2.20. The normalized spacial score (nSPS) is 15.6. The van der Waals surface area contributed by atoms with Crippen molar-refractivity contribution in [3.8, 4) is 5.75 Å². The van der Waals surface area contributed by atoms with Crippen molar-refractivity contribution in [1.82, 2.24) is 9.80 Å². The quantitative estimate of drug-likeness (QED) is 0.787. The van der Waals surface area contributed by atoms with Gasteiger partial charge in [0.25, 0.3) is 5.91 Å². The molecule has 0 bridgehead atoms. The Kier molecular flexibility index (Phi) is 7.12. The summed E-state index contributed by atoms with van der Waals surface area (Å²) in [5.74, 6) is 0.543. The number of amides is 2. The smallest absolute Gasteiger partial charge is 0.263 e. The van der Waals surface area contributed by atoms with Crippen LogP contribution in [0.5, 0.6) is 5.75 Å². The van der Waals surface area contributed by atoms with E-state index in [2.05, 4.69) is 5.32 Å². The third kappa shape index (κ3) is 5.95. The number of aryl methyl sites for hydroxylation is 1. The van der Waals surface area contributed by atoms with E-state index in [4.69, 9.17) is 16.3 Å². The summed E-state index contributed by atoms with van der Waals surface area (Å²) in [7, 11) is 0. The van der Waals surface area contributed by atoms with Gasteiger partial charge in [0.2, 0.25) is 5.91 Å². The summed E-state index contributed by atoms with van der Waals surface area (Å²) < 4.78 is 5.80. The molecule has 29 heavy (non-hydrogen) atoms. The number of hydrogen-bond donors (Lipinski definition) is 1. The average molecular weight is 416 g/mol. The van der Waals surface area contributed by atoms with Crippen molar-refractivity contribution in [2.75, 3.05) is 38.0 Å². The van der Waals surface area contributed by atoms with E-state index in [0.717, 1.165) is 5.56 Å². The van der Waals surface area contributed by atoms with E-state index in [9.17, 15) is 9.59 Å². The number of carbonyl (C=O) groups excluding carboxylic acids is 2. The Bertz CT molecular complexity index is 866. The molecular weight excluding hydrogens is 390 g/mol. The Morgan fingerprint density at radius 3 is 2.52 bits per heavy atom. The van der Waals surface area contributed by atoms with Crippen molar-refractivity contribution >= 4 is 29.1 Å². The van der Waals surface area contributed by atoms with Crippen LogP contribution in [-0.2, 0) is 9.59 Å². The van der Waals surface area contributed by atoms with E-state index in [1.807, 2.05) is 48.2 Å². The molecule has 2 aromatic carbocycles. The lowest BCUT2D eigenvalue weighted by Gasteiger charge is -2.35. The van der Waals surface area contributed by atoms with Gasteiger partial charge < -0.3 is 15.0 Å². The molecular formula is C22H26ClN3O3. The average Bonchev–Trinajstić information content (AvgIpc) is 2.70. The van der Waals surface area contributed by atoms with Crippen molar-refractivity contribution in [2.45, 2.75) is 20.0 Å². The fraction of sp³-hybridized carbons (Fsp3) is 0.364. The Morgan fingerprint density at radius 1 is 1.10 bits per heavy atom. The van der Waals surface area contributed by atoms with E-state index in [0.29, 0.717) is 42.6 Å². The molecule has 7 heteroatoms. The molecule has 6 nitrogen and oxygen atoms in total. The minimum atomic E-state index is -0.549. The molecule has 1 saturated heterocycles. The van der Waals surface area contributed by atoms with Gasteiger partial charge in [-0.25, -0.2) is 0 Å². The Labute approximate surface area is 176 Å². The molecule has 1 aliphatic rings. The van der Waals surface area contributed by atoms with Gasteiger partial charge in [-0.3, -0.25) is 14.5 Å². The molecule has 1 heterocycles. The Hall–Kier alpha value is -2.57. The van der Waals surface area contributed by atoms with Crippen LogP contribution in [0.15, 0.2) is 48.5 Å². The lowest BCUT2D eigenvalue weighted by atomic mass is 10.2. The topological polar surface area (TPSA) is 61.9 Å².